The quantitative estimate of drug-likeness (QED) is 0.605. The molecule has 1 fully saturated rings. The minimum absolute atomic E-state index is 0.211. The number of benzene rings is 1. The second-order valence-electron chi connectivity index (χ2n) is 10.5. The molecule has 2 aromatic heterocycles. The molecule has 1 atom stereocenters. The molecule has 1 saturated heterocycles. The van der Waals surface area contributed by atoms with Crippen LogP contribution in [0.3, 0.4) is 0 Å². The number of aromatic nitrogens is 5. The molecule has 0 radical (unpaired) electrons. The molecule has 2 aliphatic rings. The molecule has 0 unspecified atom stereocenters. The highest BCUT2D eigenvalue weighted by Gasteiger charge is 2.32. The standard InChI is InChI=1S/C26H36N6O2/c1-17(2)32-25(27-16-28-32)22-15-31-12-13-34-23-7-6-19(14-21(23)24(31)29-22)18(3)30-10-8-20(9-11-30)26(4,5)33/h6-7,14-18,20,33H,8-13H2,1-5H3/t18-/m1/s1. The minimum Gasteiger partial charge on any atom is -0.491 e. The number of imidazole rings is 1. The molecule has 0 aliphatic carbocycles. The van der Waals surface area contributed by atoms with E-state index in [4.69, 9.17) is 9.72 Å². The first-order chi connectivity index (χ1) is 16.2. The van der Waals surface area contributed by atoms with Gasteiger partial charge in [0.2, 0.25) is 0 Å². The van der Waals surface area contributed by atoms with E-state index < -0.39 is 5.60 Å². The Morgan fingerprint density at radius 3 is 2.56 bits per heavy atom. The van der Waals surface area contributed by atoms with Crippen molar-refractivity contribution in [2.45, 2.75) is 71.7 Å². The summed E-state index contributed by atoms with van der Waals surface area (Å²) in [5.41, 5.74) is 2.51. The van der Waals surface area contributed by atoms with Crippen molar-refractivity contribution in [2.75, 3.05) is 19.7 Å². The van der Waals surface area contributed by atoms with E-state index >= 15 is 0 Å². The average Bonchev–Trinajstić information content (AvgIpc) is 3.42. The average molecular weight is 465 g/mol. The van der Waals surface area contributed by atoms with Gasteiger partial charge in [0.1, 0.15) is 30.2 Å². The van der Waals surface area contributed by atoms with E-state index in [1.165, 1.54) is 5.56 Å². The van der Waals surface area contributed by atoms with Crippen LogP contribution in [-0.2, 0) is 6.54 Å². The van der Waals surface area contributed by atoms with Gasteiger partial charge < -0.3 is 14.4 Å². The van der Waals surface area contributed by atoms with Crippen LogP contribution in [0.25, 0.3) is 22.9 Å². The second-order valence-corrected chi connectivity index (χ2v) is 10.5. The van der Waals surface area contributed by atoms with Gasteiger partial charge in [-0.2, -0.15) is 5.10 Å². The number of rotatable bonds is 5. The molecule has 1 N–H and O–H groups in total. The highest BCUT2D eigenvalue weighted by atomic mass is 16.5. The van der Waals surface area contributed by atoms with Crippen LogP contribution in [0, 0.1) is 5.92 Å². The molecule has 34 heavy (non-hydrogen) atoms. The van der Waals surface area contributed by atoms with Crippen molar-refractivity contribution in [1.29, 1.82) is 0 Å². The zero-order valence-corrected chi connectivity index (χ0v) is 20.9. The molecule has 8 heteroatoms. The lowest BCUT2D eigenvalue weighted by Crippen LogP contribution is -2.42. The zero-order valence-electron chi connectivity index (χ0n) is 20.9. The van der Waals surface area contributed by atoms with E-state index in [1.807, 2.05) is 18.5 Å². The van der Waals surface area contributed by atoms with E-state index in [0.29, 0.717) is 12.5 Å². The van der Waals surface area contributed by atoms with Gasteiger partial charge in [-0.3, -0.25) is 4.90 Å². The predicted molar refractivity (Wildman–Crippen MR) is 132 cm³/mol. The fraction of sp³-hybridized carbons (Fsp3) is 0.577. The van der Waals surface area contributed by atoms with Gasteiger partial charge in [-0.15, -0.1) is 0 Å². The molecule has 0 spiro atoms. The van der Waals surface area contributed by atoms with Crippen molar-refractivity contribution in [1.82, 2.24) is 29.2 Å². The number of hydrogen-bond acceptors (Lipinski definition) is 6. The highest BCUT2D eigenvalue weighted by molar-refractivity contribution is 5.69. The van der Waals surface area contributed by atoms with Crippen LogP contribution in [0.2, 0.25) is 0 Å². The largest absolute Gasteiger partial charge is 0.491 e. The SMILES string of the molecule is CC(C)n1ncnc1-c1cn2c(n1)-c1cc([C@@H](C)N3CCC(C(C)(C)O)CC3)ccc1OCC2. The molecular weight excluding hydrogens is 428 g/mol. The number of piperidine rings is 1. The summed E-state index contributed by atoms with van der Waals surface area (Å²) in [7, 11) is 0. The summed E-state index contributed by atoms with van der Waals surface area (Å²) in [6.07, 6.45) is 5.70. The Bertz CT molecular complexity index is 1150. The lowest BCUT2D eigenvalue weighted by molar-refractivity contribution is -0.0179. The summed E-state index contributed by atoms with van der Waals surface area (Å²) in [6, 6.07) is 7.00. The van der Waals surface area contributed by atoms with Gasteiger partial charge in [0.05, 0.1) is 17.7 Å². The summed E-state index contributed by atoms with van der Waals surface area (Å²) >= 11 is 0. The van der Waals surface area contributed by atoms with Crippen LogP contribution in [0.15, 0.2) is 30.7 Å². The Hall–Kier alpha value is -2.71. The maximum Gasteiger partial charge on any atom is 0.178 e. The Labute approximate surface area is 201 Å². The molecule has 0 amide bonds. The number of likely N-dealkylation sites (tertiary alicyclic amines) is 1. The van der Waals surface area contributed by atoms with Gasteiger partial charge in [0, 0.05) is 18.3 Å². The molecule has 5 rings (SSSR count). The van der Waals surface area contributed by atoms with Crippen molar-refractivity contribution < 1.29 is 9.84 Å². The Balaban J connectivity index is 1.44. The monoisotopic (exact) mass is 464 g/mol. The Morgan fingerprint density at radius 1 is 1.09 bits per heavy atom. The topological polar surface area (TPSA) is 81.2 Å². The zero-order chi connectivity index (χ0) is 24.0. The van der Waals surface area contributed by atoms with Crippen molar-refractivity contribution in [3.63, 3.8) is 0 Å². The van der Waals surface area contributed by atoms with Crippen LogP contribution in [0.4, 0.5) is 0 Å². The van der Waals surface area contributed by atoms with Crippen LogP contribution < -0.4 is 4.74 Å². The van der Waals surface area contributed by atoms with Gasteiger partial charge in [-0.05, 0) is 84.2 Å². The minimum atomic E-state index is -0.606. The maximum atomic E-state index is 10.4. The van der Waals surface area contributed by atoms with Crippen LogP contribution in [-0.4, -0.2) is 59.6 Å². The summed E-state index contributed by atoms with van der Waals surface area (Å²) in [5.74, 6) is 2.93. The van der Waals surface area contributed by atoms with Gasteiger partial charge in [-0.25, -0.2) is 14.6 Å². The third kappa shape index (κ3) is 4.25. The van der Waals surface area contributed by atoms with E-state index in [2.05, 4.69) is 64.7 Å². The normalized spacial score (nSPS) is 18.3. The first-order valence-corrected chi connectivity index (χ1v) is 12.4. The van der Waals surface area contributed by atoms with Crippen LogP contribution >= 0.6 is 0 Å². The van der Waals surface area contributed by atoms with Crippen molar-refractivity contribution in [2.24, 2.45) is 5.92 Å². The Kier molecular flexibility index (Phi) is 5.98. The van der Waals surface area contributed by atoms with Crippen LogP contribution in [0.5, 0.6) is 5.75 Å². The number of fused-ring (bicyclic) bond motifs is 3. The Morgan fingerprint density at radius 2 is 1.85 bits per heavy atom. The van der Waals surface area contributed by atoms with Crippen molar-refractivity contribution >= 4 is 0 Å². The second kappa shape index (κ2) is 8.82. The van der Waals surface area contributed by atoms with E-state index in [0.717, 1.165) is 61.1 Å². The van der Waals surface area contributed by atoms with Gasteiger partial charge in [0.25, 0.3) is 0 Å². The lowest BCUT2D eigenvalue weighted by Gasteiger charge is -2.40. The van der Waals surface area contributed by atoms with E-state index in [9.17, 15) is 5.11 Å². The molecule has 182 valence electrons. The summed E-state index contributed by atoms with van der Waals surface area (Å²) in [5, 5.41) is 14.8. The van der Waals surface area contributed by atoms with Crippen molar-refractivity contribution in [3.8, 4) is 28.7 Å². The first-order valence-electron chi connectivity index (χ1n) is 12.4. The number of nitrogens with zero attached hydrogens (tertiary/aromatic N) is 6. The number of ether oxygens (including phenoxy) is 1. The molecule has 0 saturated carbocycles. The van der Waals surface area contributed by atoms with Crippen LogP contribution in [0.1, 0.15) is 65.1 Å². The van der Waals surface area contributed by atoms with Gasteiger partial charge in [-0.1, -0.05) is 6.07 Å². The van der Waals surface area contributed by atoms with Gasteiger partial charge in [0.15, 0.2) is 5.82 Å². The first kappa shape index (κ1) is 23.1. The predicted octanol–water partition coefficient (Wildman–Crippen LogP) is 4.33. The third-order valence-electron chi connectivity index (χ3n) is 7.46. The fourth-order valence-electron chi connectivity index (χ4n) is 5.29. The van der Waals surface area contributed by atoms with E-state index in [-0.39, 0.29) is 12.1 Å². The van der Waals surface area contributed by atoms with E-state index in [1.54, 1.807) is 6.33 Å². The van der Waals surface area contributed by atoms with Crippen molar-refractivity contribution in [3.05, 3.63) is 36.3 Å². The summed E-state index contributed by atoms with van der Waals surface area (Å²) < 4.78 is 10.2. The highest BCUT2D eigenvalue weighted by Crippen LogP contribution is 2.38. The molecule has 1 aromatic carbocycles. The third-order valence-corrected chi connectivity index (χ3v) is 7.46. The smallest absolute Gasteiger partial charge is 0.178 e. The molecule has 8 nitrogen and oxygen atoms in total. The molecule has 0 bridgehead atoms. The molecule has 2 aliphatic heterocycles. The molecule has 3 aromatic rings. The number of aliphatic hydroxyl groups is 1. The molecular formula is C26H36N6O2. The van der Waals surface area contributed by atoms with Gasteiger partial charge >= 0.3 is 0 Å². The number of hydrogen-bond donors (Lipinski definition) is 1. The summed E-state index contributed by atoms with van der Waals surface area (Å²) in [6.45, 7) is 13.7. The molecule has 4 heterocycles. The fourth-order valence-corrected chi connectivity index (χ4v) is 5.29. The lowest BCUT2D eigenvalue weighted by atomic mass is 9.82. The summed E-state index contributed by atoms with van der Waals surface area (Å²) in [4.78, 5) is 12.0. The maximum absolute atomic E-state index is 10.4.